The van der Waals surface area contributed by atoms with Gasteiger partial charge in [0.1, 0.15) is 4.90 Å². The zero-order valence-electron chi connectivity index (χ0n) is 10.5. The molecule has 0 aliphatic heterocycles. The van der Waals surface area contributed by atoms with Crippen molar-refractivity contribution in [3.63, 3.8) is 0 Å². The van der Waals surface area contributed by atoms with Crippen LogP contribution in [0.3, 0.4) is 0 Å². The Morgan fingerprint density at radius 3 is 2.29 bits per heavy atom. The third-order valence-corrected chi connectivity index (χ3v) is 5.62. The van der Waals surface area contributed by atoms with Gasteiger partial charge < -0.3 is 5.11 Å². The Labute approximate surface area is 140 Å². The second-order valence-electron chi connectivity index (χ2n) is 4.13. The maximum absolute atomic E-state index is 12.4. The zero-order chi connectivity index (χ0) is 15.6. The largest absolute Gasteiger partial charge is 0.392 e. The molecule has 0 saturated carbocycles. The maximum Gasteiger partial charge on any atom is 0.263 e. The maximum atomic E-state index is 12.4. The highest BCUT2D eigenvalue weighted by atomic mass is 79.9. The van der Waals surface area contributed by atoms with Crippen molar-refractivity contribution in [2.24, 2.45) is 0 Å². The topological polar surface area (TPSA) is 66.4 Å². The molecule has 21 heavy (non-hydrogen) atoms. The van der Waals surface area contributed by atoms with E-state index in [2.05, 4.69) is 20.7 Å². The molecule has 0 saturated heterocycles. The molecule has 0 spiro atoms. The van der Waals surface area contributed by atoms with Crippen molar-refractivity contribution in [2.75, 3.05) is 4.72 Å². The molecule has 0 heterocycles. The van der Waals surface area contributed by atoms with Gasteiger partial charge in [-0.3, -0.25) is 4.72 Å². The molecule has 0 aliphatic carbocycles. The summed E-state index contributed by atoms with van der Waals surface area (Å²) >= 11 is 15.1. The van der Waals surface area contributed by atoms with Crippen LogP contribution in [0.2, 0.25) is 10.0 Å². The number of rotatable bonds is 4. The molecule has 2 rings (SSSR count). The summed E-state index contributed by atoms with van der Waals surface area (Å²) < 4.78 is 27.5. The number of hydrogen-bond donors (Lipinski definition) is 2. The standard InChI is InChI=1S/C13H10BrCl2NO3S/c14-9-6-8(7-18)4-5-12(9)21(19,20)17-13-10(15)2-1-3-11(13)16/h1-6,17-18H,7H2. The number of anilines is 1. The summed E-state index contributed by atoms with van der Waals surface area (Å²) in [4.78, 5) is 0.0238. The highest BCUT2D eigenvalue weighted by Crippen LogP contribution is 2.33. The van der Waals surface area contributed by atoms with Gasteiger partial charge in [0.2, 0.25) is 0 Å². The van der Waals surface area contributed by atoms with E-state index in [4.69, 9.17) is 28.3 Å². The van der Waals surface area contributed by atoms with E-state index in [0.29, 0.717) is 10.0 Å². The number of hydrogen-bond acceptors (Lipinski definition) is 3. The minimum atomic E-state index is -3.86. The molecule has 2 aromatic rings. The summed E-state index contributed by atoms with van der Waals surface area (Å²) in [6.07, 6.45) is 0. The van der Waals surface area contributed by atoms with Crippen LogP contribution in [0.15, 0.2) is 45.8 Å². The van der Waals surface area contributed by atoms with Gasteiger partial charge in [0.05, 0.1) is 22.3 Å². The van der Waals surface area contributed by atoms with Crippen LogP contribution in [-0.4, -0.2) is 13.5 Å². The van der Waals surface area contributed by atoms with Gasteiger partial charge >= 0.3 is 0 Å². The van der Waals surface area contributed by atoms with E-state index < -0.39 is 10.0 Å². The fourth-order valence-electron chi connectivity index (χ4n) is 1.65. The van der Waals surface area contributed by atoms with Crippen LogP contribution in [0.25, 0.3) is 0 Å². The summed E-state index contributed by atoms with van der Waals surface area (Å²) in [6, 6.07) is 9.14. The number of para-hydroxylation sites is 1. The van der Waals surface area contributed by atoms with Crippen LogP contribution in [0, 0.1) is 0 Å². The third kappa shape index (κ3) is 3.70. The van der Waals surface area contributed by atoms with Gasteiger partial charge in [-0.15, -0.1) is 0 Å². The van der Waals surface area contributed by atoms with Gasteiger partial charge in [-0.1, -0.05) is 35.3 Å². The van der Waals surface area contributed by atoms with Gasteiger partial charge in [-0.05, 0) is 45.8 Å². The van der Waals surface area contributed by atoms with E-state index in [1.165, 1.54) is 30.3 Å². The molecule has 2 N–H and O–H groups in total. The minimum absolute atomic E-state index is 0.0238. The number of halogens is 3. The zero-order valence-corrected chi connectivity index (χ0v) is 14.4. The van der Waals surface area contributed by atoms with E-state index in [0.717, 1.165) is 0 Å². The Kier molecular flexibility index (Phi) is 5.16. The molecule has 112 valence electrons. The lowest BCUT2D eigenvalue weighted by atomic mass is 10.2. The average Bonchev–Trinajstić information content (AvgIpc) is 2.42. The van der Waals surface area contributed by atoms with Crippen molar-refractivity contribution in [3.05, 3.63) is 56.5 Å². The summed E-state index contributed by atoms with van der Waals surface area (Å²) in [5, 5.41) is 9.45. The van der Waals surface area contributed by atoms with Crippen LogP contribution in [0.5, 0.6) is 0 Å². The number of sulfonamides is 1. The van der Waals surface area contributed by atoms with E-state index in [-0.39, 0.29) is 27.2 Å². The molecular formula is C13H10BrCl2NO3S. The van der Waals surface area contributed by atoms with E-state index in [1.807, 2.05) is 0 Å². The van der Waals surface area contributed by atoms with Crippen LogP contribution in [0.4, 0.5) is 5.69 Å². The SMILES string of the molecule is O=S(=O)(Nc1c(Cl)cccc1Cl)c1ccc(CO)cc1Br. The fourth-order valence-corrected chi connectivity index (χ4v) is 4.48. The fraction of sp³-hybridized carbons (Fsp3) is 0.0769. The molecule has 4 nitrogen and oxygen atoms in total. The molecule has 2 aromatic carbocycles. The summed E-state index contributed by atoms with van der Waals surface area (Å²) in [5.74, 6) is 0. The van der Waals surface area contributed by atoms with E-state index in [9.17, 15) is 8.42 Å². The summed E-state index contributed by atoms with van der Waals surface area (Å²) in [5.41, 5.74) is 0.718. The molecule has 0 atom stereocenters. The molecule has 0 aromatic heterocycles. The Morgan fingerprint density at radius 2 is 1.76 bits per heavy atom. The second-order valence-corrected chi connectivity index (χ2v) is 7.44. The quantitative estimate of drug-likeness (QED) is 0.798. The van der Waals surface area contributed by atoms with E-state index >= 15 is 0 Å². The van der Waals surface area contributed by atoms with Gasteiger partial charge in [0.25, 0.3) is 10.0 Å². The predicted octanol–water partition coefficient (Wildman–Crippen LogP) is 4.05. The van der Waals surface area contributed by atoms with Crippen LogP contribution < -0.4 is 4.72 Å². The summed E-state index contributed by atoms with van der Waals surface area (Å²) in [7, 11) is -3.86. The molecule has 0 amide bonds. The van der Waals surface area contributed by atoms with Crippen LogP contribution in [-0.2, 0) is 16.6 Å². The first kappa shape index (κ1) is 16.6. The third-order valence-electron chi connectivity index (χ3n) is 2.67. The molecule has 8 heteroatoms. The van der Waals surface area contributed by atoms with Gasteiger partial charge in [-0.25, -0.2) is 8.42 Å². The predicted molar refractivity (Wildman–Crippen MR) is 87.3 cm³/mol. The molecule has 0 fully saturated rings. The Bertz CT molecular complexity index is 761. The first-order valence-electron chi connectivity index (χ1n) is 5.71. The lowest BCUT2D eigenvalue weighted by molar-refractivity contribution is 0.281. The molecular weight excluding hydrogens is 401 g/mol. The van der Waals surface area contributed by atoms with Crippen molar-refractivity contribution in [2.45, 2.75) is 11.5 Å². The van der Waals surface area contributed by atoms with Crippen LogP contribution in [0.1, 0.15) is 5.56 Å². The molecule has 0 radical (unpaired) electrons. The summed E-state index contributed by atoms with van der Waals surface area (Å²) in [6.45, 7) is -0.178. The number of aliphatic hydroxyl groups excluding tert-OH is 1. The molecule has 0 aliphatic rings. The average molecular weight is 411 g/mol. The normalized spacial score (nSPS) is 11.4. The van der Waals surface area contributed by atoms with Crippen molar-refractivity contribution < 1.29 is 13.5 Å². The van der Waals surface area contributed by atoms with Crippen molar-refractivity contribution in [3.8, 4) is 0 Å². The van der Waals surface area contributed by atoms with Crippen molar-refractivity contribution in [1.29, 1.82) is 0 Å². The second kappa shape index (κ2) is 6.54. The van der Waals surface area contributed by atoms with Gasteiger partial charge in [0, 0.05) is 4.47 Å². The Morgan fingerprint density at radius 1 is 1.14 bits per heavy atom. The van der Waals surface area contributed by atoms with Gasteiger partial charge in [0.15, 0.2) is 0 Å². The van der Waals surface area contributed by atoms with Crippen molar-refractivity contribution in [1.82, 2.24) is 0 Å². The lowest BCUT2D eigenvalue weighted by Gasteiger charge is -2.12. The first-order chi connectivity index (χ1) is 9.85. The van der Waals surface area contributed by atoms with Gasteiger partial charge in [-0.2, -0.15) is 0 Å². The van der Waals surface area contributed by atoms with Crippen molar-refractivity contribution >= 4 is 54.8 Å². The highest BCUT2D eigenvalue weighted by Gasteiger charge is 2.20. The highest BCUT2D eigenvalue weighted by molar-refractivity contribution is 9.10. The van der Waals surface area contributed by atoms with E-state index in [1.54, 1.807) is 6.07 Å². The Balaban J connectivity index is 2.44. The minimum Gasteiger partial charge on any atom is -0.392 e. The first-order valence-corrected chi connectivity index (χ1v) is 8.74. The smallest absolute Gasteiger partial charge is 0.263 e. The number of aliphatic hydroxyl groups is 1. The molecule has 0 bridgehead atoms. The van der Waals surface area contributed by atoms with Crippen LogP contribution >= 0.6 is 39.1 Å². The number of nitrogens with one attached hydrogen (secondary N) is 1. The number of benzene rings is 2. The lowest BCUT2D eigenvalue weighted by Crippen LogP contribution is -2.14. The Hall–Kier alpha value is -0.790. The molecule has 0 unspecified atom stereocenters. The monoisotopic (exact) mass is 409 g/mol.